The van der Waals surface area contributed by atoms with Gasteiger partial charge in [0.05, 0.1) is 0 Å². The number of likely N-dealkylation sites (tertiary alicyclic amines) is 1. The Kier molecular flexibility index (Phi) is 5.21. The molecule has 1 aromatic rings. The molecule has 3 aliphatic heterocycles. The van der Waals surface area contributed by atoms with Crippen molar-refractivity contribution in [1.82, 2.24) is 15.1 Å². The number of rotatable bonds is 4. The molecule has 3 heterocycles. The molecule has 0 radical (unpaired) electrons. The standard InChI is InChI=1S/C21H28N4O3/c1-13-6-7-24(11-16(13)9-22)10-14-2-3-15-12-25(21(28)17(15)8-14)18-4-5-19(26)23-20(18)27/h2-3,8,13,16,18H,4-7,9-12,22H2,1H3,(H,23,26,27). The molecule has 2 fully saturated rings. The molecular formula is C21H28N4O3. The second-order valence-electron chi connectivity index (χ2n) is 8.39. The van der Waals surface area contributed by atoms with Crippen LogP contribution >= 0.6 is 0 Å². The van der Waals surface area contributed by atoms with E-state index in [2.05, 4.69) is 23.2 Å². The van der Waals surface area contributed by atoms with Crippen molar-refractivity contribution in [2.75, 3.05) is 19.6 Å². The van der Waals surface area contributed by atoms with E-state index in [9.17, 15) is 14.4 Å². The van der Waals surface area contributed by atoms with Gasteiger partial charge < -0.3 is 10.6 Å². The third-order valence-corrected chi connectivity index (χ3v) is 6.50. The highest BCUT2D eigenvalue weighted by Crippen LogP contribution is 2.29. The number of benzene rings is 1. The van der Waals surface area contributed by atoms with E-state index in [1.165, 1.54) is 0 Å². The van der Waals surface area contributed by atoms with Crippen molar-refractivity contribution in [3.63, 3.8) is 0 Å². The average molecular weight is 384 g/mol. The molecule has 0 saturated carbocycles. The Balaban J connectivity index is 1.46. The normalized spacial score (nSPS) is 28.4. The summed E-state index contributed by atoms with van der Waals surface area (Å²) in [6.45, 7) is 6.25. The summed E-state index contributed by atoms with van der Waals surface area (Å²) in [4.78, 5) is 40.5. The van der Waals surface area contributed by atoms with E-state index < -0.39 is 6.04 Å². The van der Waals surface area contributed by atoms with Crippen LogP contribution in [0.5, 0.6) is 0 Å². The number of imide groups is 1. The summed E-state index contributed by atoms with van der Waals surface area (Å²) in [5.74, 6) is 0.434. The van der Waals surface area contributed by atoms with Gasteiger partial charge in [0.25, 0.3) is 5.91 Å². The van der Waals surface area contributed by atoms with Gasteiger partial charge in [0.1, 0.15) is 6.04 Å². The summed E-state index contributed by atoms with van der Waals surface area (Å²) in [7, 11) is 0. The lowest BCUT2D eigenvalue weighted by atomic mass is 9.87. The van der Waals surface area contributed by atoms with E-state index in [0.29, 0.717) is 36.9 Å². The number of carbonyl (C=O) groups excluding carboxylic acids is 3. The van der Waals surface area contributed by atoms with Crippen LogP contribution in [0.3, 0.4) is 0 Å². The molecule has 150 valence electrons. The third kappa shape index (κ3) is 3.56. The molecule has 3 aliphatic rings. The van der Waals surface area contributed by atoms with Gasteiger partial charge in [-0.05, 0) is 55.0 Å². The van der Waals surface area contributed by atoms with Crippen molar-refractivity contribution in [2.45, 2.75) is 45.3 Å². The topological polar surface area (TPSA) is 95.7 Å². The maximum absolute atomic E-state index is 12.9. The van der Waals surface area contributed by atoms with E-state index in [0.717, 1.165) is 37.2 Å². The number of carbonyl (C=O) groups is 3. The van der Waals surface area contributed by atoms with Crippen molar-refractivity contribution in [3.05, 3.63) is 34.9 Å². The van der Waals surface area contributed by atoms with Gasteiger partial charge in [0, 0.05) is 31.6 Å². The Morgan fingerprint density at radius 2 is 2.04 bits per heavy atom. The van der Waals surface area contributed by atoms with E-state index in [1.54, 1.807) is 4.90 Å². The van der Waals surface area contributed by atoms with Crippen molar-refractivity contribution in [1.29, 1.82) is 0 Å². The number of amides is 3. The molecule has 2 saturated heterocycles. The Morgan fingerprint density at radius 1 is 1.21 bits per heavy atom. The molecule has 3 atom stereocenters. The summed E-state index contributed by atoms with van der Waals surface area (Å²) >= 11 is 0. The van der Waals surface area contributed by atoms with Crippen LogP contribution in [0.1, 0.15) is 47.7 Å². The Bertz CT molecular complexity index is 809. The van der Waals surface area contributed by atoms with Crippen LogP contribution in [-0.2, 0) is 22.7 Å². The molecule has 3 unspecified atom stereocenters. The molecule has 0 spiro atoms. The first kappa shape index (κ1) is 19.1. The molecule has 4 rings (SSSR count). The monoisotopic (exact) mass is 384 g/mol. The fourth-order valence-corrected chi connectivity index (χ4v) is 4.63. The van der Waals surface area contributed by atoms with Crippen molar-refractivity contribution in [3.8, 4) is 0 Å². The van der Waals surface area contributed by atoms with Crippen molar-refractivity contribution >= 4 is 17.7 Å². The van der Waals surface area contributed by atoms with E-state index in [4.69, 9.17) is 5.73 Å². The van der Waals surface area contributed by atoms with Gasteiger partial charge in [-0.3, -0.25) is 24.6 Å². The predicted octanol–water partition coefficient (Wildman–Crippen LogP) is 0.864. The fraction of sp³-hybridized carbons (Fsp3) is 0.571. The first-order valence-electron chi connectivity index (χ1n) is 10.1. The SMILES string of the molecule is CC1CCN(Cc2ccc3c(c2)C(=O)N(C2CCC(=O)NC2=O)C3)CC1CN. The van der Waals surface area contributed by atoms with Crippen molar-refractivity contribution in [2.24, 2.45) is 17.6 Å². The summed E-state index contributed by atoms with van der Waals surface area (Å²) in [6.07, 6.45) is 1.82. The van der Waals surface area contributed by atoms with Gasteiger partial charge in [0.2, 0.25) is 11.8 Å². The van der Waals surface area contributed by atoms with Crippen LogP contribution in [0.15, 0.2) is 18.2 Å². The number of nitrogens with two attached hydrogens (primary N) is 1. The molecule has 0 bridgehead atoms. The summed E-state index contributed by atoms with van der Waals surface area (Å²) in [5, 5.41) is 2.34. The van der Waals surface area contributed by atoms with Crippen LogP contribution in [-0.4, -0.2) is 53.2 Å². The maximum atomic E-state index is 12.9. The first-order chi connectivity index (χ1) is 13.5. The van der Waals surface area contributed by atoms with Crippen LogP contribution in [0.25, 0.3) is 0 Å². The Labute approximate surface area is 165 Å². The van der Waals surface area contributed by atoms with E-state index in [-0.39, 0.29) is 24.1 Å². The molecule has 28 heavy (non-hydrogen) atoms. The molecule has 1 aromatic carbocycles. The molecule has 7 heteroatoms. The zero-order valence-corrected chi connectivity index (χ0v) is 16.3. The van der Waals surface area contributed by atoms with Crippen LogP contribution in [0, 0.1) is 11.8 Å². The molecule has 3 N–H and O–H groups in total. The molecule has 3 amide bonds. The number of hydrogen-bond donors (Lipinski definition) is 2. The minimum absolute atomic E-state index is 0.113. The molecule has 0 aromatic heterocycles. The van der Waals surface area contributed by atoms with Crippen LogP contribution in [0.2, 0.25) is 0 Å². The van der Waals surface area contributed by atoms with E-state index in [1.807, 2.05) is 12.1 Å². The number of nitrogens with one attached hydrogen (secondary N) is 1. The summed E-state index contributed by atoms with van der Waals surface area (Å²) < 4.78 is 0. The van der Waals surface area contributed by atoms with Crippen LogP contribution < -0.4 is 11.1 Å². The highest BCUT2D eigenvalue weighted by Gasteiger charge is 2.39. The first-order valence-corrected chi connectivity index (χ1v) is 10.1. The largest absolute Gasteiger partial charge is 0.330 e. The quantitative estimate of drug-likeness (QED) is 0.751. The van der Waals surface area contributed by atoms with Gasteiger partial charge in [0.15, 0.2) is 0 Å². The number of hydrogen-bond acceptors (Lipinski definition) is 5. The lowest BCUT2D eigenvalue weighted by Crippen LogP contribution is -2.52. The van der Waals surface area contributed by atoms with Gasteiger partial charge in [-0.15, -0.1) is 0 Å². The van der Waals surface area contributed by atoms with Crippen LogP contribution in [0.4, 0.5) is 0 Å². The van der Waals surface area contributed by atoms with E-state index >= 15 is 0 Å². The Hall–Kier alpha value is -2.25. The second kappa shape index (κ2) is 7.64. The fourth-order valence-electron chi connectivity index (χ4n) is 4.63. The molecule has 0 aliphatic carbocycles. The number of nitrogens with zero attached hydrogens (tertiary/aromatic N) is 2. The predicted molar refractivity (Wildman–Crippen MR) is 104 cm³/mol. The summed E-state index contributed by atoms with van der Waals surface area (Å²) in [6, 6.07) is 5.49. The lowest BCUT2D eigenvalue weighted by molar-refractivity contribution is -0.136. The van der Waals surface area contributed by atoms with Gasteiger partial charge in [-0.2, -0.15) is 0 Å². The highest BCUT2D eigenvalue weighted by molar-refractivity contribution is 6.05. The minimum atomic E-state index is -0.560. The lowest BCUT2D eigenvalue weighted by Gasteiger charge is -2.36. The van der Waals surface area contributed by atoms with Gasteiger partial charge in [-0.25, -0.2) is 0 Å². The molecular weight excluding hydrogens is 356 g/mol. The van der Waals surface area contributed by atoms with Gasteiger partial charge >= 0.3 is 0 Å². The maximum Gasteiger partial charge on any atom is 0.255 e. The highest BCUT2D eigenvalue weighted by atomic mass is 16.2. The number of piperidine rings is 2. The van der Waals surface area contributed by atoms with Crippen molar-refractivity contribution < 1.29 is 14.4 Å². The Morgan fingerprint density at radius 3 is 2.79 bits per heavy atom. The average Bonchev–Trinajstić information content (AvgIpc) is 2.99. The number of fused-ring (bicyclic) bond motifs is 1. The zero-order valence-electron chi connectivity index (χ0n) is 16.3. The summed E-state index contributed by atoms with van der Waals surface area (Å²) in [5.41, 5.74) is 8.66. The smallest absolute Gasteiger partial charge is 0.255 e. The zero-order chi connectivity index (χ0) is 19.8. The third-order valence-electron chi connectivity index (χ3n) is 6.50. The molecule has 7 nitrogen and oxygen atoms in total. The van der Waals surface area contributed by atoms with Gasteiger partial charge in [-0.1, -0.05) is 19.1 Å². The minimum Gasteiger partial charge on any atom is -0.330 e. The second-order valence-corrected chi connectivity index (χ2v) is 8.39.